The molecule has 0 aliphatic rings. The Morgan fingerprint density at radius 2 is 1.81 bits per heavy atom. The van der Waals surface area contributed by atoms with E-state index in [1.807, 2.05) is 42.5 Å². The van der Waals surface area contributed by atoms with Crippen molar-refractivity contribution in [2.45, 2.75) is 20.4 Å². The first kappa shape index (κ1) is 18.3. The number of carbonyl (C=O) groups excluding carboxylic acids is 1. The van der Waals surface area contributed by atoms with E-state index in [9.17, 15) is 4.79 Å². The second-order valence-corrected chi connectivity index (χ2v) is 9.80. The minimum Gasteiger partial charge on any atom is -0.279 e. The number of halogens is 1. The van der Waals surface area contributed by atoms with Crippen LogP contribution in [0, 0.1) is 13.8 Å². The number of thiazole rings is 1. The minimum atomic E-state index is -0.0250. The van der Waals surface area contributed by atoms with E-state index in [1.54, 1.807) is 16.2 Å². The lowest BCUT2D eigenvalue weighted by Crippen LogP contribution is -2.29. The SMILES string of the molecule is Cc1ccc2sc(N(Cc3ccccc3)C(=O)c3ccc(Br)s3)nc2c1C. The molecule has 0 saturated heterocycles. The van der Waals surface area contributed by atoms with Crippen molar-refractivity contribution in [3.63, 3.8) is 0 Å². The van der Waals surface area contributed by atoms with Crippen molar-refractivity contribution in [1.29, 1.82) is 0 Å². The summed E-state index contributed by atoms with van der Waals surface area (Å²) in [6.07, 6.45) is 0. The van der Waals surface area contributed by atoms with Crippen LogP contribution in [0.4, 0.5) is 5.13 Å². The predicted octanol–water partition coefficient (Wildman–Crippen LogP) is 6.58. The van der Waals surface area contributed by atoms with Crippen LogP contribution in [-0.2, 0) is 6.54 Å². The lowest BCUT2D eigenvalue weighted by Gasteiger charge is -2.19. The maximum atomic E-state index is 13.3. The van der Waals surface area contributed by atoms with Gasteiger partial charge in [0.05, 0.1) is 25.4 Å². The van der Waals surface area contributed by atoms with Crippen molar-refractivity contribution >= 4 is 59.9 Å². The van der Waals surface area contributed by atoms with Crippen molar-refractivity contribution in [2.24, 2.45) is 0 Å². The first-order chi connectivity index (χ1) is 13.0. The molecule has 0 bridgehead atoms. The molecule has 0 fully saturated rings. The molecule has 2 aromatic carbocycles. The number of hydrogen-bond donors (Lipinski definition) is 0. The molecule has 4 aromatic rings. The summed E-state index contributed by atoms with van der Waals surface area (Å²) in [6, 6.07) is 18.0. The molecule has 27 heavy (non-hydrogen) atoms. The van der Waals surface area contributed by atoms with E-state index in [2.05, 4.69) is 41.9 Å². The Bertz CT molecular complexity index is 1120. The zero-order valence-electron chi connectivity index (χ0n) is 14.9. The predicted molar refractivity (Wildman–Crippen MR) is 118 cm³/mol. The van der Waals surface area contributed by atoms with Crippen molar-refractivity contribution < 1.29 is 4.79 Å². The van der Waals surface area contributed by atoms with Gasteiger partial charge in [-0.3, -0.25) is 9.69 Å². The maximum absolute atomic E-state index is 13.3. The summed E-state index contributed by atoms with van der Waals surface area (Å²) in [5.74, 6) is -0.0250. The Hall–Kier alpha value is -2.02. The highest BCUT2D eigenvalue weighted by Crippen LogP contribution is 2.34. The first-order valence-corrected chi connectivity index (χ1v) is 10.9. The average Bonchev–Trinajstić information content (AvgIpc) is 3.30. The van der Waals surface area contributed by atoms with E-state index in [-0.39, 0.29) is 5.91 Å². The van der Waals surface area contributed by atoms with Gasteiger partial charge in [0.1, 0.15) is 0 Å². The zero-order valence-corrected chi connectivity index (χ0v) is 18.1. The molecular formula is C21H17BrN2OS2. The molecule has 1 amide bonds. The Morgan fingerprint density at radius 3 is 2.52 bits per heavy atom. The van der Waals surface area contributed by atoms with Crippen molar-refractivity contribution in [3.8, 4) is 0 Å². The van der Waals surface area contributed by atoms with Gasteiger partial charge in [-0.1, -0.05) is 47.7 Å². The number of nitrogens with zero attached hydrogens (tertiary/aromatic N) is 2. The van der Waals surface area contributed by atoms with Gasteiger partial charge >= 0.3 is 0 Å². The van der Waals surface area contributed by atoms with E-state index in [0.717, 1.165) is 24.7 Å². The smallest absolute Gasteiger partial charge is 0.270 e. The lowest BCUT2D eigenvalue weighted by atomic mass is 10.1. The summed E-state index contributed by atoms with van der Waals surface area (Å²) in [5.41, 5.74) is 4.44. The van der Waals surface area contributed by atoms with E-state index < -0.39 is 0 Å². The van der Waals surface area contributed by atoms with Gasteiger partial charge in [-0.2, -0.15) is 0 Å². The van der Waals surface area contributed by atoms with Gasteiger partial charge in [0, 0.05) is 0 Å². The molecule has 2 aromatic heterocycles. The van der Waals surface area contributed by atoms with Crippen molar-refractivity contribution in [1.82, 2.24) is 4.98 Å². The fourth-order valence-electron chi connectivity index (χ4n) is 2.88. The van der Waals surface area contributed by atoms with Crippen LogP contribution in [0.1, 0.15) is 26.4 Å². The molecule has 6 heteroatoms. The summed E-state index contributed by atoms with van der Waals surface area (Å²) in [6.45, 7) is 4.66. The fourth-order valence-corrected chi connectivity index (χ4v) is 5.24. The summed E-state index contributed by atoms with van der Waals surface area (Å²) in [5, 5.41) is 0.733. The number of anilines is 1. The van der Waals surface area contributed by atoms with Crippen LogP contribution in [0.15, 0.2) is 58.4 Å². The second-order valence-electron chi connectivity index (χ2n) is 6.33. The molecule has 4 rings (SSSR count). The molecule has 0 N–H and O–H groups in total. The number of amides is 1. The normalized spacial score (nSPS) is 11.1. The van der Waals surface area contributed by atoms with E-state index in [4.69, 9.17) is 4.98 Å². The molecule has 0 radical (unpaired) electrons. The number of aryl methyl sites for hydroxylation is 2. The summed E-state index contributed by atoms with van der Waals surface area (Å²) in [4.78, 5) is 20.6. The van der Waals surface area contributed by atoms with Gasteiger partial charge in [-0.25, -0.2) is 4.98 Å². The first-order valence-electron chi connectivity index (χ1n) is 8.51. The largest absolute Gasteiger partial charge is 0.279 e. The van der Waals surface area contributed by atoms with Crippen molar-refractivity contribution in [3.05, 3.63) is 80.0 Å². The molecular weight excluding hydrogens is 440 g/mol. The zero-order chi connectivity index (χ0) is 19.0. The monoisotopic (exact) mass is 456 g/mol. The number of rotatable bonds is 4. The van der Waals surface area contributed by atoms with Crippen LogP contribution in [0.3, 0.4) is 0 Å². The lowest BCUT2D eigenvalue weighted by molar-refractivity contribution is 0.0989. The quantitative estimate of drug-likeness (QED) is 0.347. The number of aromatic nitrogens is 1. The van der Waals surface area contributed by atoms with E-state index >= 15 is 0 Å². The Morgan fingerprint density at radius 1 is 1.04 bits per heavy atom. The molecule has 0 atom stereocenters. The molecule has 3 nitrogen and oxygen atoms in total. The molecule has 0 spiro atoms. The Kier molecular flexibility index (Phi) is 5.12. The molecule has 0 aliphatic heterocycles. The molecule has 136 valence electrons. The maximum Gasteiger partial charge on any atom is 0.270 e. The average molecular weight is 457 g/mol. The van der Waals surface area contributed by atoms with Crippen LogP contribution in [-0.4, -0.2) is 10.9 Å². The number of benzene rings is 2. The summed E-state index contributed by atoms with van der Waals surface area (Å²) in [7, 11) is 0. The second kappa shape index (κ2) is 7.54. The van der Waals surface area contributed by atoms with Crippen LogP contribution >= 0.6 is 38.6 Å². The summed E-state index contributed by atoms with van der Waals surface area (Å²) < 4.78 is 2.05. The van der Waals surface area contributed by atoms with E-state index in [0.29, 0.717) is 11.4 Å². The molecule has 0 aliphatic carbocycles. The van der Waals surface area contributed by atoms with Crippen LogP contribution in [0.2, 0.25) is 0 Å². The molecule has 0 unspecified atom stereocenters. The summed E-state index contributed by atoms with van der Waals surface area (Å²) >= 11 is 6.46. The van der Waals surface area contributed by atoms with Gasteiger partial charge in [0.2, 0.25) is 0 Å². The van der Waals surface area contributed by atoms with E-state index in [1.165, 1.54) is 22.5 Å². The number of thiophene rings is 1. The van der Waals surface area contributed by atoms with Crippen LogP contribution in [0.25, 0.3) is 10.2 Å². The third-order valence-corrected chi connectivity index (χ3v) is 7.17. The highest BCUT2D eigenvalue weighted by atomic mass is 79.9. The van der Waals surface area contributed by atoms with Crippen molar-refractivity contribution in [2.75, 3.05) is 4.90 Å². The third-order valence-electron chi connectivity index (χ3n) is 4.52. The van der Waals surface area contributed by atoms with Gasteiger partial charge in [-0.05, 0) is 64.7 Å². The fraction of sp³-hybridized carbons (Fsp3) is 0.143. The van der Waals surface area contributed by atoms with Gasteiger partial charge in [-0.15, -0.1) is 11.3 Å². The Labute approximate surface area is 174 Å². The molecule has 2 heterocycles. The van der Waals surface area contributed by atoms with Gasteiger partial charge < -0.3 is 0 Å². The number of hydrogen-bond acceptors (Lipinski definition) is 4. The third kappa shape index (κ3) is 3.70. The highest BCUT2D eigenvalue weighted by molar-refractivity contribution is 9.11. The van der Waals surface area contributed by atoms with Gasteiger partial charge in [0.15, 0.2) is 5.13 Å². The minimum absolute atomic E-state index is 0.0250. The Balaban J connectivity index is 1.79. The molecule has 0 saturated carbocycles. The number of fused-ring (bicyclic) bond motifs is 1. The topological polar surface area (TPSA) is 33.2 Å². The standard InChI is InChI=1S/C21H17BrN2OS2/c1-13-8-9-16-19(14(13)2)23-21(27-16)24(12-15-6-4-3-5-7-15)20(25)17-10-11-18(22)26-17/h3-11H,12H2,1-2H3. The van der Waals surface area contributed by atoms with Crippen LogP contribution in [0.5, 0.6) is 0 Å². The van der Waals surface area contributed by atoms with Gasteiger partial charge in [0.25, 0.3) is 5.91 Å². The number of carbonyl (C=O) groups is 1. The van der Waals surface area contributed by atoms with Crippen LogP contribution < -0.4 is 4.90 Å². The highest BCUT2D eigenvalue weighted by Gasteiger charge is 2.23.